The van der Waals surface area contributed by atoms with E-state index in [9.17, 15) is 16.8 Å². The van der Waals surface area contributed by atoms with Crippen LogP contribution in [0.25, 0.3) is 0 Å². The Labute approximate surface area is 99.0 Å². The van der Waals surface area contributed by atoms with Gasteiger partial charge < -0.3 is 0 Å². The summed E-state index contributed by atoms with van der Waals surface area (Å²) in [5.74, 6) is 9.65. The Morgan fingerprint density at radius 1 is 0.882 bits per heavy atom. The molecule has 0 amide bonds. The van der Waals surface area contributed by atoms with E-state index >= 15 is 0 Å². The lowest BCUT2D eigenvalue weighted by molar-refractivity contribution is 0.563. The van der Waals surface area contributed by atoms with Crippen molar-refractivity contribution in [3.8, 4) is 0 Å². The number of hydrazine groups is 2. The number of sulfonamides is 2. The summed E-state index contributed by atoms with van der Waals surface area (Å²) in [7, 11) is -8.57. The monoisotopic (exact) mass is 280 g/mol. The van der Waals surface area contributed by atoms with E-state index in [4.69, 9.17) is 11.7 Å². The van der Waals surface area contributed by atoms with Crippen molar-refractivity contribution < 1.29 is 16.8 Å². The largest absolute Gasteiger partial charge is 0.258 e. The second kappa shape index (κ2) is 5.08. The Balaban J connectivity index is 3.44. The van der Waals surface area contributed by atoms with E-state index in [0.717, 1.165) is 0 Å². The first kappa shape index (κ1) is 14.0. The van der Waals surface area contributed by atoms with E-state index in [1.165, 1.54) is 33.9 Å². The molecule has 0 aromatic heterocycles. The fourth-order valence-electron chi connectivity index (χ4n) is 1.26. The van der Waals surface area contributed by atoms with Crippen LogP contribution in [-0.2, 0) is 20.0 Å². The molecule has 0 saturated carbocycles. The average Bonchev–Trinajstić information content (AvgIpc) is 2.30. The van der Waals surface area contributed by atoms with Gasteiger partial charge in [-0.05, 0) is 5.56 Å². The van der Waals surface area contributed by atoms with Gasteiger partial charge in [-0.3, -0.25) is 11.7 Å². The molecular formula is C7H12N4O4S2. The molecule has 8 nitrogen and oxygen atoms in total. The van der Waals surface area contributed by atoms with Crippen LogP contribution < -0.4 is 21.3 Å². The Kier molecular flexibility index (Phi) is 4.19. The highest BCUT2D eigenvalue weighted by molar-refractivity contribution is 8.06. The predicted molar refractivity (Wildman–Crippen MR) is 61.7 cm³/mol. The number of nitrogens with two attached hydrogens (primary N) is 2. The molecule has 0 saturated heterocycles. The van der Waals surface area contributed by atoms with Crippen LogP contribution in [0, 0.1) is 0 Å². The highest BCUT2D eigenvalue weighted by Crippen LogP contribution is 2.25. The zero-order valence-corrected chi connectivity index (χ0v) is 10.2. The molecule has 96 valence electrons. The Morgan fingerprint density at radius 2 is 1.29 bits per heavy atom. The van der Waals surface area contributed by atoms with Gasteiger partial charge in [-0.1, -0.05) is 30.3 Å². The Morgan fingerprint density at radius 3 is 1.65 bits per heavy atom. The molecule has 1 aromatic carbocycles. The fraction of sp³-hybridized carbons (Fsp3) is 0.143. The SMILES string of the molecule is NNS(=O)(=O)C(c1ccccc1)S(=O)(=O)NN. The van der Waals surface area contributed by atoms with Crippen molar-refractivity contribution in [2.45, 2.75) is 4.58 Å². The second-order valence-electron chi connectivity index (χ2n) is 3.07. The van der Waals surface area contributed by atoms with Crippen molar-refractivity contribution in [3.05, 3.63) is 35.9 Å². The van der Waals surface area contributed by atoms with Crippen molar-refractivity contribution in [1.82, 2.24) is 9.66 Å². The van der Waals surface area contributed by atoms with Crippen LogP contribution in [0.3, 0.4) is 0 Å². The van der Waals surface area contributed by atoms with Gasteiger partial charge in [0.25, 0.3) is 0 Å². The Bertz CT molecular complexity index is 535. The molecule has 0 aliphatic rings. The first-order chi connectivity index (χ1) is 7.85. The summed E-state index contributed by atoms with van der Waals surface area (Å²) in [4.78, 5) is 2.96. The number of nitrogens with one attached hydrogen (secondary N) is 2. The van der Waals surface area contributed by atoms with Crippen molar-refractivity contribution in [2.24, 2.45) is 11.7 Å². The number of hydrogen-bond acceptors (Lipinski definition) is 6. The normalized spacial score (nSPS) is 12.9. The minimum atomic E-state index is -4.29. The molecule has 0 spiro atoms. The maximum Gasteiger partial charge on any atom is 0.247 e. The molecule has 0 atom stereocenters. The molecular weight excluding hydrogens is 268 g/mol. The Hall–Kier alpha value is -1.04. The lowest BCUT2D eigenvalue weighted by atomic mass is 10.2. The maximum atomic E-state index is 11.6. The summed E-state index contributed by atoms with van der Waals surface area (Å²) < 4.78 is 44.5. The number of rotatable bonds is 5. The standard InChI is InChI=1S/C7H12N4O4S2/c8-10-16(12,13)7(17(14,15)11-9)6-4-2-1-3-5-6/h1-5,7,10-11H,8-9H2. The van der Waals surface area contributed by atoms with Gasteiger partial charge in [-0.15, -0.1) is 0 Å². The molecule has 1 aromatic rings. The predicted octanol–water partition coefficient (Wildman–Crippen LogP) is -1.73. The zero-order chi connectivity index (χ0) is 13.1. The smallest absolute Gasteiger partial charge is 0.247 e. The van der Waals surface area contributed by atoms with Crippen LogP contribution in [0.15, 0.2) is 30.3 Å². The highest BCUT2D eigenvalue weighted by atomic mass is 32.3. The van der Waals surface area contributed by atoms with E-state index < -0.39 is 24.6 Å². The van der Waals surface area contributed by atoms with Gasteiger partial charge in [-0.2, -0.15) is 9.66 Å². The number of hydrogen-bond donors (Lipinski definition) is 4. The van der Waals surface area contributed by atoms with Crippen molar-refractivity contribution in [2.75, 3.05) is 0 Å². The first-order valence-corrected chi connectivity index (χ1v) is 7.42. The van der Waals surface area contributed by atoms with Crippen LogP contribution in [0.5, 0.6) is 0 Å². The van der Waals surface area contributed by atoms with Gasteiger partial charge in [0.2, 0.25) is 24.6 Å². The molecule has 0 radical (unpaired) electrons. The number of benzene rings is 1. The van der Waals surface area contributed by atoms with Gasteiger partial charge in [0, 0.05) is 0 Å². The van der Waals surface area contributed by atoms with E-state index in [-0.39, 0.29) is 5.56 Å². The molecule has 0 aliphatic heterocycles. The summed E-state index contributed by atoms with van der Waals surface area (Å²) in [5.41, 5.74) is 0.0309. The summed E-state index contributed by atoms with van der Waals surface area (Å²) in [6, 6.07) is 7.30. The zero-order valence-electron chi connectivity index (χ0n) is 8.57. The molecule has 0 fully saturated rings. The summed E-state index contributed by atoms with van der Waals surface area (Å²) >= 11 is 0. The van der Waals surface area contributed by atoms with E-state index in [0.29, 0.717) is 0 Å². The third-order valence-electron chi connectivity index (χ3n) is 1.96. The molecule has 0 unspecified atom stereocenters. The third-order valence-corrected chi connectivity index (χ3v) is 5.81. The molecule has 0 aliphatic carbocycles. The van der Waals surface area contributed by atoms with Crippen molar-refractivity contribution in [3.63, 3.8) is 0 Å². The van der Waals surface area contributed by atoms with Crippen LogP contribution in [0.4, 0.5) is 0 Å². The third kappa shape index (κ3) is 3.00. The van der Waals surface area contributed by atoms with Gasteiger partial charge in [-0.25, -0.2) is 16.8 Å². The maximum absolute atomic E-state index is 11.6. The van der Waals surface area contributed by atoms with Gasteiger partial charge in [0.15, 0.2) is 0 Å². The summed E-state index contributed by atoms with van der Waals surface area (Å²) in [5, 5.41) is 0. The summed E-state index contributed by atoms with van der Waals surface area (Å²) in [6.45, 7) is 0. The average molecular weight is 280 g/mol. The van der Waals surface area contributed by atoms with Gasteiger partial charge >= 0.3 is 0 Å². The van der Waals surface area contributed by atoms with E-state index in [1.54, 1.807) is 6.07 Å². The van der Waals surface area contributed by atoms with Gasteiger partial charge in [0.05, 0.1) is 0 Å². The van der Waals surface area contributed by atoms with E-state index in [2.05, 4.69) is 0 Å². The lowest BCUT2D eigenvalue weighted by Crippen LogP contribution is -2.43. The van der Waals surface area contributed by atoms with Crippen LogP contribution in [0.1, 0.15) is 10.1 Å². The van der Waals surface area contributed by atoms with Crippen molar-refractivity contribution >= 4 is 20.0 Å². The van der Waals surface area contributed by atoms with Crippen LogP contribution in [-0.4, -0.2) is 16.8 Å². The lowest BCUT2D eigenvalue weighted by Gasteiger charge is -2.16. The van der Waals surface area contributed by atoms with E-state index in [1.807, 2.05) is 0 Å². The molecule has 6 N–H and O–H groups in total. The van der Waals surface area contributed by atoms with Crippen molar-refractivity contribution in [1.29, 1.82) is 0 Å². The van der Waals surface area contributed by atoms with Gasteiger partial charge in [0.1, 0.15) is 0 Å². The molecule has 17 heavy (non-hydrogen) atoms. The topological polar surface area (TPSA) is 144 Å². The minimum Gasteiger partial charge on any atom is -0.258 e. The molecule has 0 heterocycles. The van der Waals surface area contributed by atoms with Crippen LogP contribution >= 0.6 is 0 Å². The first-order valence-electron chi connectivity index (χ1n) is 4.32. The van der Waals surface area contributed by atoms with Crippen LogP contribution in [0.2, 0.25) is 0 Å². The minimum absolute atomic E-state index is 0.0309. The quantitative estimate of drug-likeness (QED) is 0.372. The molecule has 1 rings (SSSR count). The highest BCUT2D eigenvalue weighted by Gasteiger charge is 2.38. The molecule has 0 bridgehead atoms. The summed E-state index contributed by atoms with van der Waals surface area (Å²) in [6.07, 6.45) is 0. The second-order valence-corrected chi connectivity index (χ2v) is 6.96. The fourth-order valence-corrected chi connectivity index (χ4v) is 4.20. The molecule has 10 heteroatoms.